The van der Waals surface area contributed by atoms with Gasteiger partial charge in [0.1, 0.15) is 11.3 Å². The van der Waals surface area contributed by atoms with E-state index < -0.39 is 0 Å². The second-order valence-corrected chi connectivity index (χ2v) is 6.38. The third-order valence-electron chi connectivity index (χ3n) is 4.99. The second-order valence-electron chi connectivity index (χ2n) is 6.38. The number of fused-ring (bicyclic) bond motifs is 4. The first-order valence-electron chi connectivity index (χ1n) is 8.26. The molecule has 4 nitrogen and oxygen atoms in total. The second kappa shape index (κ2) is 4.81. The van der Waals surface area contributed by atoms with Crippen LogP contribution in [-0.4, -0.2) is 11.8 Å². The molecule has 0 atom stereocenters. The molecule has 2 aromatic carbocycles. The van der Waals surface area contributed by atoms with E-state index in [0.717, 1.165) is 42.4 Å². The first-order chi connectivity index (χ1) is 11.7. The SMILES string of the molecule is O=C1c2ccccc2C(=O)N1c1ccc2oc3c(c2c1)CCCC3. The van der Waals surface area contributed by atoms with Crippen LogP contribution in [0, 0.1) is 0 Å². The maximum absolute atomic E-state index is 12.7. The fourth-order valence-electron chi connectivity index (χ4n) is 3.81. The normalized spacial score (nSPS) is 16.6. The van der Waals surface area contributed by atoms with Crippen LogP contribution in [0.25, 0.3) is 11.0 Å². The number of rotatable bonds is 1. The van der Waals surface area contributed by atoms with Gasteiger partial charge in [-0.2, -0.15) is 0 Å². The fourth-order valence-corrected chi connectivity index (χ4v) is 3.81. The number of anilines is 1. The van der Waals surface area contributed by atoms with E-state index in [4.69, 9.17) is 4.42 Å². The number of imide groups is 1. The quantitative estimate of drug-likeness (QED) is 0.635. The Morgan fingerprint density at radius 1 is 0.875 bits per heavy atom. The standard InChI is InChI=1S/C20H15NO3/c22-19-14-6-1-2-7-15(14)20(23)21(19)12-9-10-18-16(11-12)13-5-3-4-8-17(13)24-18/h1-2,6-7,9-11H,3-5,8H2. The molecule has 0 spiro atoms. The monoisotopic (exact) mass is 317 g/mol. The Morgan fingerprint density at radius 3 is 2.33 bits per heavy atom. The Morgan fingerprint density at radius 2 is 1.58 bits per heavy atom. The van der Waals surface area contributed by atoms with Crippen LogP contribution in [0.2, 0.25) is 0 Å². The summed E-state index contributed by atoms with van der Waals surface area (Å²) in [6.45, 7) is 0. The number of carbonyl (C=O) groups excluding carboxylic acids is 2. The van der Waals surface area contributed by atoms with Crippen LogP contribution in [0.3, 0.4) is 0 Å². The average Bonchev–Trinajstić information content (AvgIpc) is 3.11. The minimum atomic E-state index is -0.257. The fraction of sp³-hybridized carbons (Fsp3) is 0.200. The molecule has 2 aliphatic rings. The Bertz CT molecular complexity index is 980. The summed E-state index contributed by atoms with van der Waals surface area (Å²) in [5.74, 6) is 0.537. The number of amides is 2. The first-order valence-corrected chi connectivity index (χ1v) is 8.26. The highest BCUT2D eigenvalue weighted by molar-refractivity contribution is 6.34. The van der Waals surface area contributed by atoms with Crippen molar-refractivity contribution in [2.45, 2.75) is 25.7 Å². The predicted molar refractivity (Wildman–Crippen MR) is 90.4 cm³/mol. The van der Waals surface area contributed by atoms with Gasteiger partial charge in [0, 0.05) is 17.4 Å². The summed E-state index contributed by atoms with van der Waals surface area (Å²) in [6.07, 6.45) is 4.26. The first kappa shape index (κ1) is 13.5. The van der Waals surface area contributed by atoms with Crippen molar-refractivity contribution in [3.63, 3.8) is 0 Å². The molecule has 1 aromatic heterocycles. The number of benzene rings is 2. The molecule has 0 radical (unpaired) electrons. The highest BCUT2D eigenvalue weighted by Crippen LogP contribution is 2.36. The summed E-state index contributed by atoms with van der Waals surface area (Å²) in [5, 5.41) is 1.03. The molecule has 3 aromatic rings. The highest BCUT2D eigenvalue weighted by atomic mass is 16.3. The van der Waals surface area contributed by atoms with Gasteiger partial charge < -0.3 is 4.42 Å². The van der Waals surface area contributed by atoms with Gasteiger partial charge in [0.05, 0.1) is 16.8 Å². The topological polar surface area (TPSA) is 50.5 Å². The number of furan rings is 1. The number of carbonyl (C=O) groups is 2. The van der Waals surface area contributed by atoms with Gasteiger partial charge in [-0.05, 0) is 49.6 Å². The summed E-state index contributed by atoms with van der Waals surface area (Å²) in [7, 11) is 0. The van der Waals surface area contributed by atoms with Crippen LogP contribution in [0.15, 0.2) is 46.9 Å². The van der Waals surface area contributed by atoms with Crippen LogP contribution in [0.5, 0.6) is 0 Å². The number of aryl methyl sites for hydroxylation is 2. The summed E-state index contributed by atoms with van der Waals surface area (Å²) in [5.41, 5.74) is 3.62. The molecule has 0 N–H and O–H groups in total. The van der Waals surface area contributed by atoms with E-state index in [2.05, 4.69) is 0 Å². The van der Waals surface area contributed by atoms with Crippen LogP contribution in [-0.2, 0) is 12.8 Å². The molecule has 5 rings (SSSR count). The molecule has 0 bridgehead atoms. The molecule has 2 heterocycles. The average molecular weight is 317 g/mol. The van der Waals surface area contributed by atoms with Gasteiger partial charge in [0.2, 0.25) is 0 Å². The van der Waals surface area contributed by atoms with Crippen molar-refractivity contribution in [3.05, 3.63) is 64.9 Å². The van der Waals surface area contributed by atoms with Crippen molar-refractivity contribution >= 4 is 28.5 Å². The van der Waals surface area contributed by atoms with Crippen molar-refractivity contribution in [3.8, 4) is 0 Å². The minimum Gasteiger partial charge on any atom is -0.461 e. The van der Waals surface area contributed by atoms with E-state index in [1.165, 1.54) is 10.5 Å². The van der Waals surface area contributed by atoms with Crippen LogP contribution in [0.1, 0.15) is 44.9 Å². The molecule has 1 aliphatic heterocycles. The lowest BCUT2D eigenvalue weighted by atomic mass is 9.96. The van der Waals surface area contributed by atoms with Crippen molar-refractivity contribution in [2.75, 3.05) is 4.90 Å². The minimum absolute atomic E-state index is 0.257. The van der Waals surface area contributed by atoms with Gasteiger partial charge in [0.25, 0.3) is 11.8 Å². The number of hydrogen-bond acceptors (Lipinski definition) is 3. The molecule has 24 heavy (non-hydrogen) atoms. The van der Waals surface area contributed by atoms with Gasteiger partial charge in [-0.25, -0.2) is 4.90 Å². The number of nitrogens with zero attached hydrogens (tertiary/aromatic N) is 1. The van der Waals surface area contributed by atoms with Crippen molar-refractivity contribution in [2.24, 2.45) is 0 Å². The van der Waals surface area contributed by atoms with Gasteiger partial charge >= 0.3 is 0 Å². The largest absolute Gasteiger partial charge is 0.461 e. The molecule has 1 aliphatic carbocycles. The molecule has 4 heteroatoms. The van der Waals surface area contributed by atoms with E-state index in [1.54, 1.807) is 30.3 Å². The molecule has 0 saturated heterocycles. The lowest BCUT2D eigenvalue weighted by Crippen LogP contribution is -2.29. The van der Waals surface area contributed by atoms with Gasteiger partial charge in [-0.1, -0.05) is 12.1 Å². The Hall–Kier alpha value is -2.88. The third-order valence-corrected chi connectivity index (χ3v) is 4.99. The van der Waals surface area contributed by atoms with Crippen molar-refractivity contribution < 1.29 is 14.0 Å². The zero-order valence-corrected chi connectivity index (χ0v) is 13.0. The Kier molecular flexibility index (Phi) is 2.71. The van der Waals surface area contributed by atoms with E-state index >= 15 is 0 Å². The molecular formula is C20H15NO3. The molecule has 0 fully saturated rings. The van der Waals surface area contributed by atoms with Gasteiger partial charge in [-0.3, -0.25) is 9.59 Å². The third kappa shape index (κ3) is 1.74. The van der Waals surface area contributed by atoms with E-state index in [0.29, 0.717) is 16.8 Å². The van der Waals surface area contributed by atoms with Gasteiger partial charge in [-0.15, -0.1) is 0 Å². The zero-order chi connectivity index (χ0) is 16.3. The Balaban J connectivity index is 1.65. The maximum atomic E-state index is 12.7. The van der Waals surface area contributed by atoms with E-state index in [9.17, 15) is 9.59 Å². The van der Waals surface area contributed by atoms with Crippen molar-refractivity contribution in [1.29, 1.82) is 0 Å². The van der Waals surface area contributed by atoms with Crippen LogP contribution < -0.4 is 4.90 Å². The summed E-state index contributed by atoms with van der Waals surface area (Å²) < 4.78 is 5.94. The Labute approximate surface area is 138 Å². The summed E-state index contributed by atoms with van der Waals surface area (Å²) in [4.78, 5) is 26.6. The lowest BCUT2D eigenvalue weighted by molar-refractivity contribution is 0.0926. The highest BCUT2D eigenvalue weighted by Gasteiger charge is 2.36. The number of hydrogen-bond donors (Lipinski definition) is 0. The lowest BCUT2D eigenvalue weighted by Gasteiger charge is -2.14. The van der Waals surface area contributed by atoms with Crippen LogP contribution >= 0.6 is 0 Å². The van der Waals surface area contributed by atoms with E-state index in [-0.39, 0.29) is 11.8 Å². The predicted octanol–water partition coefficient (Wildman–Crippen LogP) is 4.11. The maximum Gasteiger partial charge on any atom is 0.266 e. The molecule has 0 saturated carbocycles. The molecule has 118 valence electrons. The molecule has 0 unspecified atom stereocenters. The zero-order valence-electron chi connectivity index (χ0n) is 13.0. The molecule has 2 amide bonds. The smallest absolute Gasteiger partial charge is 0.266 e. The molecular weight excluding hydrogens is 302 g/mol. The van der Waals surface area contributed by atoms with Crippen LogP contribution in [0.4, 0.5) is 5.69 Å². The van der Waals surface area contributed by atoms with E-state index in [1.807, 2.05) is 12.1 Å². The summed E-state index contributed by atoms with van der Waals surface area (Å²) >= 11 is 0. The summed E-state index contributed by atoms with van der Waals surface area (Å²) in [6, 6.07) is 12.5. The van der Waals surface area contributed by atoms with Gasteiger partial charge in [0.15, 0.2) is 0 Å². The van der Waals surface area contributed by atoms with Crippen molar-refractivity contribution in [1.82, 2.24) is 0 Å².